The number of fused-ring (bicyclic) bond motifs is 2. The number of para-hydroxylation sites is 1. The second kappa shape index (κ2) is 5.70. The van der Waals surface area contributed by atoms with Crippen LogP contribution >= 0.6 is 0 Å². The standard InChI is InChI=1S/C24H28N2O5/c1-5-14-12-26(29)18-10-16(14)24(22(28)30-4)19(26)11-23(21(24)31-13(2)27)15-8-6-7-9-17(15)25(3)20(18)23/h5-9,16,18-21H,10-12H2,1-4H3/b14-5+/t16-,18-,19-,20+,21?,23+,24?,26?/m0/s1. The summed E-state index contributed by atoms with van der Waals surface area (Å²) in [4.78, 5) is 28.4. The molecule has 7 nitrogen and oxygen atoms in total. The van der Waals surface area contributed by atoms with E-state index in [-0.39, 0.29) is 18.0 Å². The fraction of sp³-hybridized carbons (Fsp3) is 0.583. The van der Waals surface area contributed by atoms with Gasteiger partial charge in [-0.15, -0.1) is 0 Å². The molecule has 5 fully saturated rings. The van der Waals surface area contributed by atoms with Gasteiger partial charge in [0.05, 0.1) is 18.6 Å². The van der Waals surface area contributed by atoms with Gasteiger partial charge in [0.15, 0.2) is 5.41 Å². The first kappa shape index (κ1) is 19.3. The van der Waals surface area contributed by atoms with Gasteiger partial charge in [-0.2, -0.15) is 0 Å². The molecule has 0 radical (unpaired) electrons. The highest BCUT2D eigenvalue weighted by molar-refractivity contribution is 5.84. The number of hydrogen-bond acceptors (Lipinski definition) is 6. The average molecular weight is 424 g/mol. The smallest absolute Gasteiger partial charge is 0.322 e. The fourth-order valence-corrected chi connectivity index (χ4v) is 8.60. The minimum Gasteiger partial charge on any atom is -0.632 e. The molecule has 5 heterocycles. The maximum atomic E-state index is 14.7. The molecule has 164 valence electrons. The third kappa shape index (κ3) is 1.79. The first-order valence-electron chi connectivity index (χ1n) is 11.1. The van der Waals surface area contributed by atoms with Crippen LogP contribution in [-0.4, -0.2) is 61.5 Å². The summed E-state index contributed by atoms with van der Waals surface area (Å²) in [6.45, 7) is 3.73. The second-order valence-electron chi connectivity index (χ2n) is 9.98. The van der Waals surface area contributed by atoms with Gasteiger partial charge in [0.25, 0.3) is 0 Å². The SMILES string of the molecule is C/C=C1\C[N+]2([O-])[C@H]3C[C@@H]1C1(C(=O)OC)C(OC(C)=O)[C@]4(C[C@@H]12)c1ccccc1N(C)[C@H]34. The van der Waals surface area contributed by atoms with Crippen molar-refractivity contribution in [2.75, 3.05) is 25.6 Å². The number of likely N-dealkylation sites (N-methyl/N-ethyl adjacent to an activating group) is 1. The molecule has 3 unspecified atom stereocenters. The van der Waals surface area contributed by atoms with E-state index < -0.39 is 39.6 Å². The van der Waals surface area contributed by atoms with Crippen LogP contribution in [0.4, 0.5) is 5.69 Å². The van der Waals surface area contributed by atoms with Crippen LogP contribution in [0.3, 0.4) is 0 Å². The van der Waals surface area contributed by atoms with Crippen LogP contribution in [0.5, 0.6) is 0 Å². The lowest BCUT2D eigenvalue weighted by Crippen LogP contribution is -2.79. The number of quaternary nitrogens is 1. The molecule has 0 N–H and O–H groups in total. The second-order valence-corrected chi connectivity index (χ2v) is 9.98. The predicted octanol–water partition coefficient (Wildman–Crippen LogP) is 2.28. The van der Waals surface area contributed by atoms with Crippen molar-refractivity contribution in [2.24, 2.45) is 11.3 Å². The largest absolute Gasteiger partial charge is 0.632 e. The van der Waals surface area contributed by atoms with Crippen LogP contribution in [0, 0.1) is 16.5 Å². The minimum atomic E-state index is -1.16. The first-order chi connectivity index (χ1) is 14.8. The Labute approximate surface area is 181 Å². The summed E-state index contributed by atoms with van der Waals surface area (Å²) >= 11 is 0. The first-order valence-corrected chi connectivity index (χ1v) is 11.1. The number of allylic oxidation sites excluding steroid dienone is 1. The number of piperidine rings is 4. The van der Waals surface area contributed by atoms with Gasteiger partial charge in [0, 0.05) is 38.4 Å². The highest BCUT2D eigenvalue weighted by atomic mass is 16.6. The van der Waals surface area contributed by atoms with Crippen LogP contribution in [0.1, 0.15) is 32.3 Å². The number of rotatable bonds is 2. The fourth-order valence-electron chi connectivity index (χ4n) is 8.60. The average Bonchev–Trinajstić information content (AvgIpc) is 3.14. The van der Waals surface area contributed by atoms with Crippen molar-refractivity contribution in [3.05, 3.63) is 46.7 Å². The molecule has 1 aromatic carbocycles. The highest BCUT2D eigenvalue weighted by Crippen LogP contribution is 2.75. The summed E-state index contributed by atoms with van der Waals surface area (Å²) in [5, 5.41) is 14.7. The molecule has 1 aliphatic carbocycles. The van der Waals surface area contributed by atoms with E-state index in [0.717, 1.165) is 16.8 Å². The summed E-state index contributed by atoms with van der Waals surface area (Å²) in [6, 6.07) is 7.37. The van der Waals surface area contributed by atoms with E-state index >= 15 is 0 Å². The van der Waals surface area contributed by atoms with Crippen LogP contribution in [0.2, 0.25) is 0 Å². The molecule has 4 saturated heterocycles. The highest BCUT2D eigenvalue weighted by Gasteiger charge is 2.88. The number of benzene rings is 1. The van der Waals surface area contributed by atoms with Gasteiger partial charge >= 0.3 is 11.9 Å². The summed E-state index contributed by atoms with van der Waals surface area (Å²) in [5.41, 5.74) is 1.40. The Bertz CT molecular complexity index is 1050. The summed E-state index contributed by atoms with van der Waals surface area (Å²) < 4.78 is 11.1. The monoisotopic (exact) mass is 424 g/mol. The third-order valence-electron chi connectivity index (χ3n) is 9.29. The molecule has 5 aliphatic heterocycles. The van der Waals surface area contributed by atoms with E-state index in [2.05, 4.69) is 17.0 Å². The van der Waals surface area contributed by atoms with Gasteiger partial charge in [-0.05, 0) is 24.1 Å². The quantitative estimate of drug-likeness (QED) is 0.314. The molecule has 5 bridgehead atoms. The molecule has 0 amide bonds. The van der Waals surface area contributed by atoms with Gasteiger partial charge in [-0.25, -0.2) is 0 Å². The lowest BCUT2D eigenvalue weighted by molar-refractivity contribution is -0.950. The van der Waals surface area contributed by atoms with E-state index in [1.54, 1.807) is 0 Å². The van der Waals surface area contributed by atoms with E-state index in [9.17, 15) is 14.8 Å². The molecular weight excluding hydrogens is 396 g/mol. The van der Waals surface area contributed by atoms with Gasteiger partial charge in [0.1, 0.15) is 24.7 Å². The van der Waals surface area contributed by atoms with Gasteiger partial charge in [-0.1, -0.05) is 24.3 Å². The Hall–Kier alpha value is -2.38. The maximum absolute atomic E-state index is 14.7. The van der Waals surface area contributed by atoms with Gasteiger partial charge < -0.3 is 24.2 Å². The van der Waals surface area contributed by atoms with E-state index in [1.807, 2.05) is 32.2 Å². The van der Waals surface area contributed by atoms with Crippen molar-refractivity contribution >= 4 is 17.6 Å². The van der Waals surface area contributed by atoms with Crippen molar-refractivity contribution in [1.82, 2.24) is 0 Å². The molecule has 1 saturated carbocycles. The number of ether oxygens (including phenoxy) is 2. The van der Waals surface area contributed by atoms with Crippen molar-refractivity contribution < 1.29 is 23.7 Å². The van der Waals surface area contributed by atoms with E-state index in [1.165, 1.54) is 14.0 Å². The lowest BCUT2D eigenvalue weighted by atomic mass is 9.58. The van der Waals surface area contributed by atoms with Crippen LogP contribution in [-0.2, 0) is 24.5 Å². The Kier molecular flexibility index (Phi) is 3.55. The zero-order valence-corrected chi connectivity index (χ0v) is 18.3. The van der Waals surface area contributed by atoms with Crippen LogP contribution in [0.15, 0.2) is 35.9 Å². The van der Waals surface area contributed by atoms with Gasteiger partial charge in [-0.3, -0.25) is 9.59 Å². The van der Waals surface area contributed by atoms with Crippen molar-refractivity contribution in [1.29, 1.82) is 0 Å². The molecule has 7 rings (SSSR count). The third-order valence-corrected chi connectivity index (χ3v) is 9.29. The summed E-state index contributed by atoms with van der Waals surface area (Å²) in [5.74, 6) is -0.979. The molecule has 8 atom stereocenters. The predicted molar refractivity (Wildman–Crippen MR) is 113 cm³/mol. The lowest BCUT2D eigenvalue weighted by Gasteiger charge is -2.69. The minimum absolute atomic E-state index is 0.127. The number of anilines is 1. The van der Waals surface area contributed by atoms with Crippen molar-refractivity contribution in [2.45, 2.75) is 56.3 Å². The molecule has 7 heteroatoms. The summed E-state index contributed by atoms with van der Waals surface area (Å²) in [6.07, 6.45) is 2.39. The van der Waals surface area contributed by atoms with Crippen molar-refractivity contribution in [3.63, 3.8) is 0 Å². The molecule has 31 heavy (non-hydrogen) atoms. The van der Waals surface area contributed by atoms with E-state index in [0.29, 0.717) is 19.4 Å². The zero-order chi connectivity index (χ0) is 21.9. The number of hydrogen-bond donors (Lipinski definition) is 0. The number of esters is 2. The van der Waals surface area contributed by atoms with Crippen molar-refractivity contribution in [3.8, 4) is 0 Å². The normalized spacial score (nSPS) is 46.8. The Morgan fingerprint density at radius 3 is 2.74 bits per heavy atom. The Balaban J connectivity index is 1.72. The Morgan fingerprint density at radius 1 is 1.32 bits per heavy atom. The van der Waals surface area contributed by atoms with Gasteiger partial charge in [0.2, 0.25) is 0 Å². The number of carbonyl (C=O) groups is 2. The number of methoxy groups -OCH3 is 1. The van der Waals surface area contributed by atoms with Crippen LogP contribution < -0.4 is 4.90 Å². The number of nitrogens with zero attached hydrogens (tertiary/aromatic N) is 2. The van der Waals surface area contributed by atoms with Crippen LogP contribution in [0.25, 0.3) is 0 Å². The molecule has 1 spiro atoms. The Morgan fingerprint density at radius 2 is 2.06 bits per heavy atom. The summed E-state index contributed by atoms with van der Waals surface area (Å²) in [7, 11) is 3.42. The topological polar surface area (TPSA) is 78.9 Å². The maximum Gasteiger partial charge on any atom is 0.322 e. The number of carbonyl (C=O) groups excluding carboxylic acids is 2. The molecule has 0 aromatic heterocycles. The molecular formula is C24H28N2O5. The number of hydroxylamine groups is 3. The van der Waals surface area contributed by atoms with E-state index in [4.69, 9.17) is 9.47 Å². The molecule has 1 aromatic rings. The zero-order valence-electron chi connectivity index (χ0n) is 18.3. The molecule has 6 aliphatic rings.